The van der Waals surface area contributed by atoms with E-state index in [2.05, 4.69) is 21.7 Å². The first kappa shape index (κ1) is 15.7. The number of allylic oxidation sites excluding steroid dienone is 2. The monoisotopic (exact) mass is 363 g/mol. The second-order valence-electron chi connectivity index (χ2n) is 6.81. The number of fused-ring (bicyclic) bond motifs is 1. The molecule has 1 atom stereocenters. The quantitative estimate of drug-likeness (QED) is 0.751. The maximum Gasteiger partial charge on any atom is 0.146 e. The van der Waals surface area contributed by atoms with Crippen LogP contribution in [0.4, 0.5) is 0 Å². The molecule has 1 fully saturated rings. The van der Waals surface area contributed by atoms with Crippen LogP contribution in [0.25, 0.3) is 22.2 Å². The predicted octanol–water partition coefficient (Wildman–Crippen LogP) is 4.37. The number of hydrogen-bond donors (Lipinski definition) is 1. The van der Waals surface area contributed by atoms with Gasteiger partial charge in [0, 0.05) is 40.1 Å². The Morgan fingerprint density at radius 1 is 1.12 bits per heavy atom. The minimum atomic E-state index is -0.586. The first-order valence-electron chi connectivity index (χ1n) is 8.78. The summed E-state index contributed by atoms with van der Waals surface area (Å²) < 4.78 is 2.16. The molecule has 1 aliphatic carbocycles. The summed E-state index contributed by atoms with van der Waals surface area (Å²) >= 11 is 6.07. The normalized spacial score (nSPS) is 19.8. The van der Waals surface area contributed by atoms with Crippen molar-refractivity contribution in [2.45, 2.75) is 25.1 Å². The molecule has 0 spiro atoms. The van der Waals surface area contributed by atoms with E-state index >= 15 is 0 Å². The van der Waals surface area contributed by atoms with Crippen LogP contribution in [0.5, 0.6) is 0 Å². The van der Waals surface area contributed by atoms with Gasteiger partial charge in [-0.2, -0.15) is 0 Å². The van der Waals surface area contributed by atoms with Crippen LogP contribution in [0.1, 0.15) is 18.5 Å². The molecule has 1 saturated carbocycles. The Balaban J connectivity index is 1.66. The summed E-state index contributed by atoms with van der Waals surface area (Å²) in [4.78, 5) is 6.32. The lowest BCUT2D eigenvalue weighted by atomic mass is 10.1. The van der Waals surface area contributed by atoms with Crippen molar-refractivity contribution in [1.29, 1.82) is 0 Å². The molecule has 2 aliphatic rings. The molecule has 130 valence electrons. The lowest BCUT2D eigenvalue weighted by Gasteiger charge is -2.28. The van der Waals surface area contributed by atoms with Gasteiger partial charge in [-0.05, 0) is 61.4 Å². The van der Waals surface area contributed by atoms with Crippen molar-refractivity contribution in [1.82, 2.24) is 14.5 Å². The third kappa shape index (κ3) is 2.62. The highest BCUT2D eigenvalue weighted by Crippen LogP contribution is 2.35. The number of hydrogen-bond acceptors (Lipinski definition) is 3. The van der Waals surface area contributed by atoms with E-state index in [9.17, 15) is 5.11 Å². The van der Waals surface area contributed by atoms with E-state index in [4.69, 9.17) is 11.6 Å². The van der Waals surface area contributed by atoms with Crippen LogP contribution < -0.4 is 0 Å². The van der Waals surface area contributed by atoms with Crippen molar-refractivity contribution >= 4 is 28.1 Å². The Morgan fingerprint density at radius 3 is 2.65 bits per heavy atom. The van der Waals surface area contributed by atoms with Crippen molar-refractivity contribution in [3.8, 4) is 5.69 Å². The molecule has 0 saturated heterocycles. The molecule has 4 nitrogen and oxygen atoms in total. The van der Waals surface area contributed by atoms with E-state index in [1.807, 2.05) is 53.7 Å². The minimum Gasteiger partial charge on any atom is -0.370 e. The molecule has 1 aliphatic heterocycles. The Morgan fingerprint density at radius 2 is 1.92 bits per heavy atom. The van der Waals surface area contributed by atoms with E-state index in [1.165, 1.54) is 0 Å². The number of nitrogens with zero attached hydrogens (tertiary/aromatic N) is 3. The number of aromatic nitrogens is 2. The summed E-state index contributed by atoms with van der Waals surface area (Å²) in [5.74, 6) is 0. The number of aliphatic hydroxyl groups excluding tert-OH is 1. The van der Waals surface area contributed by atoms with E-state index < -0.39 is 6.23 Å². The average molecular weight is 364 g/mol. The van der Waals surface area contributed by atoms with Crippen LogP contribution >= 0.6 is 11.6 Å². The van der Waals surface area contributed by atoms with Crippen molar-refractivity contribution in [2.75, 3.05) is 0 Å². The molecule has 5 heteroatoms. The minimum absolute atomic E-state index is 0.477. The van der Waals surface area contributed by atoms with Gasteiger partial charge in [-0.1, -0.05) is 11.6 Å². The summed E-state index contributed by atoms with van der Waals surface area (Å²) in [5.41, 5.74) is 4.07. The molecule has 2 aromatic heterocycles. The SMILES string of the molecule is OC1C=C(c2cc3ccncc3n2-c2ccc(Cl)cc2)C=CN1C1CC1. The maximum atomic E-state index is 10.5. The van der Waals surface area contributed by atoms with Gasteiger partial charge in [0.2, 0.25) is 0 Å². The van der Waals surface area contributed by atoms with Gasteiger partial charge in [0.25, 0.3) is 0 Å². The fraction of sp³-hybridized carbons (Fsp3) is 0.190. The molecular weight excluding hydrogens is 346 g/mol. The number of aliphatic hydroxyl groups is 1. The lowest BCUT2D eigenvalue weighted by molar-refractivity contribution is 0.0727. The standard InChI is InChI=1S/C21H18ClN3O/c22-16-1-3-18(4-2-16)25-19(11-14-7-9-23-13-20(14)25)15-8-10-24(17-5-6-17)21(26)12-15/h1-4,7-13,17,21,26H,5-6H2. The zero-order valence-corrected chi connectivity index (χ0v) is 14.8. The lowest BCUT2D eigenvalue weighted by Crippen LogP contribution is -2.32. The molecule has 26 heavy (non-hydrogen) atoms. The highest BCUT2D eigenvalue weighted by atomic mass is 35.5. The van der Waals surface area contributed by atoms with Gasteiger partial charge in [-0.25, -0.2) is 0 Å². The van der Waals surface area contributed by atoms with Crippen molar-refractivity contribution < 1.29 is 5.11 Å². The summed E-state index contributed by atoms with van der Waals surface area (Å²) in [7, 11) is 0. The smallest absolute Gasteiger partial charge is 0.146 e. The number of pyridine rings is 1. The highest BCUT2D eigenvalue weighted by molar-refractivity contribution is 6.30. The zero-order chi connectivity index (χ0) is 17.7. The van der Waals surface area contributed by atoms with Gasteiger partial charge in [-0.15, -0.1) is 0 Å². The van der Waals surface area contributed by atoms with Gasteiger partial charge in [0.15, 0.2) is 0 Å². The van der Waals surface area contributed by atoms with Crippen LogP contribution in [0, 0.1) is 0 Å². The Kier molecular flexibility index (Phi) is 3.62. The first-order valence-corrected chi connectivity index (χ1v) is 9.16. The van der Waals surface area contributed by atoms with Gasteiger partial charge in [0.05, 0.1) is 17.4 Å². The molecular formula is C21H18ClN3O. The van der Waals surface area contributed by atoms with Crippen molar-refractivity contribution in [2.24, 2.45) is 0 Å². The van der Waals surface area contributed by atoms with Crippen LogP contribution in [-0.4, -0.2) is 31.8 Å². The van der Waals surface area contributed by atoms with Gasteiger partial charge >= 0.3 is 0 Å². The molecule has 1 N–H and O–H groups in total. The Bertz CT molecular complexity index is 1030. The Hall–Kier alpha value is -2.56. The van der Waals surface area contributed by atoms with Gasteiger partial charge in [-0.3, -0.25) is 4.98 Å². The molecule has 3 heterocycles. The van der Waals surface area contributed by atoms with Crippen LogP contribution in [0.15, 0.2) is 67.1 Å². The molecule has 0 radical (unpaired) electrons. The molecule has 0 bridgehead atoms. The summed E-state index contributed by atoms with van der Waals surface area (Å²) in [6.07, 6.45) is 11.4. The van der Waals surface area contributed by atoms with E-state index in [0.29, 0.717) is 11.1 Å². The van der Waals surface area contributed by atoms with E-state index in [-0.39, 0.29) is 0 Å². The topological polar surface area (TPSA) is 41.3 Å². The first-order chi connectivity index (χ1) is 12.7. The average Bonchev–Trinajstić information content (AvgIpc) is 3.42. The van der Waals surface area contributed by atoms with Crippen LogP contribution in [0.3, 0.4) is 0 Å². The third-order valence-corrected chi connectivity index (χ3v) is 5.27. The van der Waals surface area contributed by atoms with E-state index in [1.54, 1.807) is 6.20 Å². The largest absolute Gasteiger partial charge is 0.370 e. The van der Waals surface area contributed by atoms with Crippen LogP contribution in [-0.2, 0) is 0 Å². The molecule has 3 aromatic rings. The number of benzene rings is 1. The van der Waals surface area contributed by atoms with E-state index in [0.717, 1.165) is 40.7 Å². The second kappa shape index (κ2) is 6.01. The molecule has 1 unspecified atom stereocenters. The second-order valence-corrected chi connectivity index (χ2v) is 7.24. The summed E-state index contributed by atoms with van der Waals surface area (Å²) in [6.45, 7) is 0. The Labute approximate surface area is 156 Å². The molecule has 1 aromatic carbocycles. The van der Waals surface area contributed by atoms with Crippen LogP contribution in [0.2, 0.25) is 5.02 Å². The van der Waals surface area contributed by atoms with Crippen molar-refractivity contribution in [3.63, 3.8) is 0 Å². The fourth-order valence-electron chi connectivity index (χ4n) is 3.57. The predicted molar refractivity (Wildman–Crippen MR) is 104 cm³/mol. The van der Waals surface area contributed by atoms with Crippen molar-refractivity contribution in [3.05, 3.63) is 77.9 Å². The maximum absolute atomic E-state index is 10.5. The molecule has 5 rings (SSSR count). The third-order valence-electron chi connectivity index (χ3n) is 5.02. The zero-order valence-electron chi connectivity index (χ0n) is 14.1. The van der Waals surface area contributed by atoms with Gasteiger partial charge in [0.1, 0.15) is 6.23 Å². The molecule has 0 amide bonds. The fourth-order valence-corrected chi connectivity index (χ4v) is 3.69. The summed E-state index contributed by atoms with van der Waals surface area (Å²) in [5, 5.41) is 12.4. The number of halogens is 1. The number of rotatable bonds is 3. The van der Waals surface area contributed by atoms with Gasteiger partial charge < -0.3 is 14.6 Å². The summed E-state index contributed by atoms with van der Waals surface area (Å²) in [6, 6.07) is 12.4. The highest BCUT2D eigenvalue weighted by Gasteiger charge is 2.32.